The number of aromatic nitrogens is 1. The number of nitriles is 1. The molecular formula is C18H17N3O2. The van der Waals surface area contributed by atoms with Crippen molar-refractivity contribution in [3.05, 3.63) is 60.3 Å². The molecule has 1 saturated carbocycles. The maximum atomic E-state index is 12.2. The first-order chi connectivity index (χ1) is 11.2. The standard InChI is InChI=1S/C18H17N3O2/c1-2-17(22)21(15-7-3-13(4-8-15)9-10-19)12-16-11-20-18(23-16)14-5-6-14/h2-4,7-8,11,14H,1,5-6,9,12H2. The summed E-state index contributed by atoms with van der Waals surface area (Å²) in [6, 6.07) is 9.45. The van der Waals surface area contributed by atoms with Crippen molar-refractivity contribution in [2.75, 3.05) is 4.90 Å². The van der Waals surface area contributed by atoms with Gasteiger partial charge in [0.1, 0.15) is 5.76 Å². The Morgan fingerprint density at radius 3 is 2.78 bits per heavy atom. The van der Waals surface area contributed by atoms with Gasteiger partial charge in [0.2, 0.25) is 0 Å². The first-order valence-corrected chi connectivity index (χ1v) is 7.55. The van der Waals surface area contributed by atoms with E-state index < -0.39 is 0 Å². The van der Waals surface area contributed by atoms with Crippen molar-refractivity contribution in [3.63, 3.8) is 0 Å². The van der Waals surface area contributed by atoms with Crippen molar-refractivity contribution in [3.8, 4) is 6.07 Å². The van der Waals surface area contributed by atoms with Crippen LogP contribution in [0.5, 0.6) is 0 Å². The van der Waals surface area contributed by atoms with Crippen LogP contribution in [0.15, 0.2) is 47.5 Å². The Labute approximate surface area is 134 Å². The third-order valence-corrected chi connectivity index (χ3v) is 3.78. The molecule has 1 heterocycles. The molecule has 23 heavy (non-hydrogen) atoms. The fraction of sp³-hybridized carbons (Fsp3) is 0.278. The quantitative estimate of drug-likeness (QED) is 0.767. The van der Waals surface area contributed by atoms with Crippen molar-refractivity contribution < 1.29 is 9.21 Å². The average molecular weight is 307 g/mol. The highest BCUT2D eigenvalue weighted by molar-refractivity contribution is 6.00. The van der Waals surface area contributed by atoms with Crippen LogP contribution < -0.4 is 4.90 Å². The van der Waals surface area contributed by atoms with Crippen molar-refractivity contribution in [2.45, 2.75) is 31.7 Å². The van der Waals surface area contributed by atoms with E-state index in [1.165, 1.54) is 6.08 Å². The number of carbonyl (C=O) groups is 1. The van der Waals surface area contributed by atoms with Gasteiger partial charge in [0.15, 0.2) is 5.89 Å². The van der Waals surface area contributed by atoms with Crippen LogP contribution in [0.4, 0.5) is 5.69 Å². The number of carbonyl (C=O) groups excluding carboxylic acids is 1. The van der Waals surface area contributed by atoms with E-state index in [0.717, 1.165) is 30.0 Å². The van der Waals surface area contributed by atoms with Crippen LogP contribution in [0.2, 0.25) is 0 Å². The Bertz CT molecular complexity index is 751. The largest absolute Gasteiger partial charge is 0.444 e. The van der Waals surface area contributed by atoms with Gasteiger partial charge in [-0.2, -0.15) is 5.26 Å². The van der Waals surface area contributed by atoms with Crippen LogP contribution in [0, 0.1) is 11.3 Å². The van der Waals surface area contributed by atoms with Crippen LogP contribution in [0.25, 0.3) is 0 Å². The molecule has 0 radical (unpaired) electrons. The maximum Gasteiger partial charge on any atom is 0.250 e. The molecule has 0 bridgehead atoms. The summed E-state index contributed by atoms with van der Waals surface area (Å²) in [6.45, 7) is 3.87. The summed E-state index contributed by atoms with van der Waals surface area (Å²) in [5.74, 6) is 1.65. The Balaban J connectivity index is 1.80. The van der Waals surface area contributed by atoms with E-state index in [0.29, 0.717) is 24.6 Å². The molecule has 1 fully saturated rings. The van der Waals surface area contributed by atoms with Crippen LogP contribution in [-0.2, 0) is 17.8 Å². The van der Waals surface area contributed by atoms with Crippen LogP contribution in [0.3, 0.4) is 0 Å². The molecule has 1 aromatic carbocycles. The zero-order chi connectivity index (χ0) is 16.2. The van der Waals surface area contributed by atoms with E-state index in [2.05, 4.69) is 17.6 Å². The van der Waals surface area contributed by atoms with Gasteiger partial charge in [0, 0.05) is 11.6 Å². The van der Waals surface area contributed by atoms with Gasteiger partial charge in [-0.3, -0.25) is 4.79 Å². The molecule has 1 aliphatic carbocycles. The Hall–Kier alpha value is -2.87. The zero-order valence-electron chi connectivity index (χ0n) is 12.7. The van der Waals surface area contributed by atoms with Gasteiger partial charge >= 0.3 is 0 Å². The summed E-state index contributed by atoms with van der Waals surface area (Å²) >= 11 is 0. The van der Waals surface area contributed by atoms with Gasteiger partial charge in [0.25, 0.3) is 5.91 Å². The van der Waals surface area contributed by atoms with E-state index in [-0.39, 0.29) is 5.91 Å². The van der Waals surface area contributed by atoms with E-state index in [1.54, 1.807) is 11.1 Å². The van der Waals surface area contributed by atoms with E-state index >= 15 is 0 Å². The molecule has 0 N–H and O–H groups in total. The Kier molecular flexibility index (Phi) is 4.24. The van der Waals surface area contributed by atoms with Gasteiger partial charge in [-0.15, -0.1) is 0 Å². The minimum Gasteiger partial charge on any atom is -0.444 e. The topological polar surface area (TPSA) is 70.1 Å². The Morgan fingerprint density at radius 2 is 2.17 bits per heavy atom. The number of anilines is 1. The second-order valence-corrected chi connectivity index (χ2v) is 5.57. The minimum absolute atomic E-state index is 0.206. The van der Waals surface area contributed by atoms with Gasteiger partial charge in [-0.25, -0.2) is 4.98 Å². The molecule has 0 unspecified atom stereocenters. The van der Waals surface area contributed by atoms with Crippen molar-refractivity contribution in [2.24, 2.45) is 0 Å². The SMILES string of the molecule is C=CC(=O)N(Cc1cnc(C2CC2)o1)c1ccc(CC#N)cc1. The van der Waals surface area contributed by atoms with Gasteiger partial charge in [0.05, 0.1) is 25.2 Å². The molecule has 5 heteroatoms. The third-order valence-electron chi connectivity index (χ3n) is 3.78. The zero-order valence-corrected chi connectivity index (χ0v) is 12.7. The lowest BCUT2D eigenvalue weighted by Gasteiger charge is -2.20. The maximum absolute atomic E-state index is 12.2. The van der Waals surface area contributed by atoms with Crippen molar-refractivity contribution in [1.29, 1.82) is 5.26 Å². The van der Waals surface area contributed by atoms with Gasteiger partial charge in [-0.1, -0.05) is 18.7 Å². The molecule has 116 valence electrons. The smallest absolute Gasteiger partial charge is 0.250 e. The molecule has 0 aliphatic heterocycles. The molecule has 0 saturated heterocycles. The van der Waals surface area contributed by atoms with E-state index in [1.807, 2.05) is 24.3 Å². The number of hydrogen-bond acceptors (Lipinski definition) is 4. The number of oxazole rings is 1. The second-order valence-electron chi connectivity index (χ2n) is 5.57. The first kappa shape index (κ1) is 15.0. The number of rotatable bonds is 6. The number of nitrogens with zero attached hydrogens (tertiary/aromatic N) is 3. The highest BCUT2D eigenvalue weighted by atomic mass is 16.4. The average Bonchev–Trinajstić information content (AvgIpc) is 3.32. The van der Waals surface area contributed by atoms with Crippen molar-refractivity contribution >= 4 is 11.6 Å². The van der Waals surface area contributed by atoms with Gasteiger partial charge in [-0.05, 0) is 36.6 Å². The summed E-state index contributed by atoms with van der Waals surface area (Å²) in [7, 11) is 0. The minimum atomic E-state index is -0.206. The fourth-order valence-electron chi connectivity index (χ4n) is 2.36. The first-order valence-electron chi connectivity index (χ1n) is 7.55. The number of hydrogen-bond donors (Lipinski definition) is 0. The predicted octanol–water partition coefficient (Wildman–Crippen LogP) is 3.34. The summed E-state index contributed by atoms with van der Waals surface area (Å²) in [4.78, 5) is 18.0. The molecule has 1 amide bonds. The fourth-order valence-corrected chi connectivity index (χ4v) is 2.36. The summed E-state index contributed by atoms with van der Waals surface area (Å²) < 4.78 is 5.73. The van der Waals surface area contributed by atoms with E-state index in [9.17, 15) is 4.79 Å². The molecule has 5 nitrogen and oxygen atoms in total. The predicted molar refractivity (Wildman–Crippen MR) is 85.6 cm³/mol. The molecule has 3 rings (SSSR count). The normalized spacial score (nSPS) is 13.3. The van der Waals surface area contributed by atoms with Crippen LogP contribution in [0.1, 0.15) is 36.0 Å². The lowest BCUT2D eigenvalue weighted by Crippen LogP contribution is -2.28. The molecule has 1 aromatic heterocycles. The third kappa shape index (κ3) is 3.49. The number of benzene rings is 1. The lowest BCUT2D eigenvalue weighted by atomic mass is 10.1. The Morgan fingerprint density at radius 1 is 1.43 bits per heavy atom. The monoisotopic (exact) mass is 307 g/mol. The van der Waals surface area contributed by atoms with Gasteiger partial charge < -0.3 is 9.32 Å². The van der Waals surface area contributed by atoms with Crippen molar-refractivity contribution in [1.82, 2.24) is 4.98 Å². The molecular weight excluding hydrogens is 290 g/mol. The van der Waals surface area contributed by atoms with Crippen LogP contribution >= 0.6 is 0 Å². The lowest BCUT2D eigenvalue weighted by molar-refractivity contribution is -0.114. The molecule has 0 atom stereocenters. The highest BCUT2D eigenvalue weighted by Gasteiger charge is 2.29. The molecule has 0 spiro atoms. The molecule has 2 aromatic rings. The van der Waals surface area contributed by atoms with Crippen LogP contribution in [-0.4, -0.2) is 10.9 Å². The molecule has 1 aliphatic rings. The summed E-state index contributed by atoms with van der Waals surface area (Å²) in [5, 5.41) is 8.72. The summed E-state index contributed by atoms with van der Waals surface area (Å²) in [6.07, 6.45) is 5.55. The van der Waals surface area contributed by atoms with E-state index in [4.69, 9.17) is 9.68 Å². The summed E-state index contributed by atoms with van der Waals surface area (Å²) in [5.41, 5.74) is 1.65. The number of amides is 1. The highest BCUT2D eigenvalue weighted by Crippen LogP contribution is 2.39. The second kappa shape index (κ2) is 6.49.